The van der Waals surface area contributed by atoms with E-state index in [2.05, 4.69) is 5.32 Å². The number of ether oxygens (including phenoxy) is 1. The average Bonchev–Trinajstić information content (AvgIpc) is 2.73. The number of hydrogen-bond donors (Lipinski definition) is 1. The van der Waals surface area contributed by atoms with Gasteiger partial charge in [0.05, 0.1) is 13.5 Å². The molecule has 2 amide bonds. The van der Waals surface area contributed by atoms with Gasteiger partial charge in [0.2, 0.25) is 11.8 Å². The fraction of sp³-hybridized carbons (Fsp3) is 0.391. The molecule has 29 heavy (non-hydrogen) atoms. The summed E-state index contributed by atoms with van der Waals surface area (Å²) in [7, 11) is 1.59. The summed E-state index contributed by atoms with van der Waals surface area (Å²) < 4.78 is 19.2. The van der Waals surface area contributed by atoms with Gasteiger partial charge in [-0.15, -0.1) is 0 Å². The molecule has 0 spiro atoms. The number of methoxy groups -OCH3 is 1. The molecule has 0 aliphatic heterocycles. The van der Waals surface area contributed by atoms with Gasteiger partial charge in [0.15, 0.2) is 0 Å². The van der Waals surface area contributed by atoms with E-state index in [9.17, 15) is 14.0 Å². The molecule has 2 aromatic carbocycles. The van der Waals surface area contributed by atoms with E-state index in [4.69, 9.17) is 4.74 Å². The van der Waals surface area contributed by atoms with Crippen molar-refractivity contribution in [3.8, 4) is 5.75 Å². The molecular weight excluding hydrogens is 371 g/mol. The molecule has 1 N–H and O–H groups in total. The Morgan fingerprint density at radius 1 is 1.14 bits per heavy atom. The molecule has 0 aromatic heterocycles. The zero-order chi connectivity index (χ0) is 21.2. The molecule has 156 valence electrons. The zero-order valence-electron chi connectivity index (χ0n) is 17.3. The molecule has 0 fully saturated rings. The van der Waals surface area contributed by atoms with Gasteiger partial charge in [-0.25, -0.2) is 4.39 Å². The Kier molecular flexibility index (Phi) is 8.65. The van der Waals surface area contributed by atoms with Gasteiger partial charge >= 0.3 is 0 Å². The van der Waals surface area contributed by atoms with Gasteiger partial charge < -0.3 is 15.0 Å². The van der Waals surface area contributed by atoms with E-state index in [-0.39, 0.29) is 24.8 Å². The largest absolute Gasteiger partial charge is 0.497 e. The number of unbranched alkanes of at least 4 members (excludes halogenated alkanes) is 1. The first-order valence-corrected chi connectivity index (χ1v) is 9.89. The van der Waals surface area contributed by atoms with Crippen LogP contribution >= 0.6 is 0 Å². The summed E-state index contributed by atoms with van der Waals surface area (Å²) >= 11 is 0. The Morgan fingerprint density at radius 3 is 2.45 bits per heavy atom. The third kappa shape index (κ3) is 6.59. The Morgan fingerprint density at radius 2 is 1.83 bits per heavy atom. The van der Waals surface area contributed by atoms with E-state index >= 15 is 0 Å². The smallest absolute Gasteiger partial charge is 0.242 e. The quantitative estimate of drug-likeness (QED) is 0.619. The first-order chi connectivity index (χ1) is 14.0. The van der Waals surface area contributed by atoms with Gasteiger partial charge in [0.1, 0.15) is 17.6 Å². The van der Waals surface area contributed by atoms with Crippen molar-refractivity contribution in [2.75, 3.05) is 13.7 Å². The molecule has 5 nitrogen and oxygen atoms in total. The van der Waals surface area contributed by atoms with Crippen LogP contribution in [0.2, 0.25) is 0 Å². The van der Waals surface area contributed by atoms with E-state index in [0.717, 1.165) is 18.4 Å². The first-order valence-electron chi connectivity index (χ1n) is 9.89. The Bertz CT molecular complexity index is 808. The van der Waals surface area contributed by atoms with E-state index < -0.39 is 11.9 Å². The van der Waals surface area contributed by atoms with Crippen LogP contribution in [0, 0.1) is 5.82 Å². The zero-order valence-corrected chi connectivity index (χ0v) is 17.3. The number of benzene rings is 2. The van der Waals surface area contributed by atoms with Crippen molar-refractivity contribution in [2.24, 2.45) is 0 Å². The van der Waals surface area contributed by atoms with Gasteiger partial charge in [0.25, 0.3) is 0 Å². The second-order valence-corrected chi connectivity index (χ2v) is 6.96. The summed E-state index contributed by atoms with van der Waals surface area (Å²) in [4.78, 5) is 27.1. The third-order valence-electron chi connectivity index (χ3n) is 4.81. The van der Waals surface area contributed by atoms with Crippen molar-refractivity contribution in [3.05, 3.63) is 65.5 Å². The van der Waals surface area contributed by atoms with Gasteiger partial charge in [-0.1, -0.05) is 43.7 Å². The Balaban J connectivity index is 2.19. The maximum Gasteiger partial charge on any atom is 0.242 e. The maximum atomic E-state index is 14.0. The number of rotatable bonds is 10. The van der Waals surface area contributed by atoms with Crippen LogP contribution in [-0.2, 0) is 22.6 Å². The second kappa shape index (κ2) is 11.2. The molecule has 0 aliphatic rings. The van der Waals surface area contributed by atoms with Gasteiger partial charge in [-0.3, -0.25) is 9.59 Å². The summed E-state index contributed by atoms with van der Waals surface area (Å²) in [6.07, 6.45) is 1.74. The highest BCUT2D eigenvalue weighted by Crippen LogP contribution is 2.17. The molecule has 0 radical (unpaired) electrons. The Hall–Kier alpha value is -2.89. The molecule has 2 rings (SSSR count). The van der Waals surface area contributed by atoms with Crippen molar-refractivity contribution < 1.29 is 18.7 Å². The molecule has 0 aliphatic carbocycles. The number of nitrogens with one attached hydrogen (secondary N) is 1. The van der Waals surface area contributed by atoms with Gasteiger partial charge in [-0.2, -0.15) is 0 Å². The van der Waals surface area contributed by atoms with E-state index in [1.54, 1.807) is 44.4 Å². The van der Waals surface area contributed by atoms with Crippen molar-refractivity contribution in [2.45, 2.75) is 45.7 Å². The Labute approximate surface area is 171 Å². The van der Waals surface area contributed by atoms with Crippen LogP contribution in [0.15, 0.2) is 48.5 Å². The van der Waals surface area contributed by atoms with Crippen LogP contribution in [0.4, 0.5) is 4.39 Å². The lowest BCUT2D eigenvalue weighted by atomic mass is 10.1. The minimum atomic E-state index is -0.673. The maximum absolute atomic E-state index is 14.0. The monoisotopic (exact) mass is 400 g/mol. The van der Waals surface area contributed by atoms with Crippen LogP contribution < -0.4 is 10.1 Å². The first kappa shape index (κ1) is 22.4. The number of amides is 2. The van der Waals surface area contributed by atoms with Crippen LogP contribution in [0.25, 0.3) is 0 Å². The number of halogens is 1. The lowest BCUT2D eigenvalue weighted by Gasteiger charge is -2.29. The fourth-order valence-corrected chi connectivity index (χ4v) is 2.95. The number of nitrogens with zero attached hydrogens (tertiary/aromatic N) is 1. The average molecular weight is 400 g/mol. The van der Waals surface area contributed by atoms with Crippen LogP contribution in [0.5, 0.6) is 5.75 Å². The summed E-state index contributed by atoms with van der Waals surface area (Å²) in [5.74, 6) is -0.230. The van der Waals surface area contributed by atoms with Crippen molar-refractivity contribution in [3.63, 3.8) is 0 Å². The third-order valence-corrected chi connectivity index (χ3v) is 4.81. The molecule has 0 saturated carbocycles. The molecular formula is C23H29FN2O3. The van der Waals surface area contributed by atoms with Crippen molar-refractivity contribution in [1.29, 1.82) is 0 Å². The SMILES string of the molecule is CCCCNC(=O)C(C)N(Cc1ccc(OC)cc1)C(=O)Cc1ccccc1F. The predicted molar refractivity (Wildman–Crippen MR) is 111 cm³/mol. The topological polar surface area (TPSA) is 58.6 Å². The van der Waals surface area contributed by atoms with E-state index in [0.29, 0.717) is 17.9 Å². The second-order valence-electron chi connectivity index (χ2n) is 6.96. The highest BCUT2D eigenvalue weighted by atomic mass is 19.1. The highest BCUT2D eigenvalue weighted by Gasteiger charge is 2.26. The molecule has 0 saturated heterocycles. The van der Waals surface area contributed by atoms with Crippen LogP contribution in [0.1, 0.15) is 37.8 Å². The lowest BCUT2D eigenvalue weighted by Crippen LogP contribution is -2.48. The molecule has 1 atom stereocenters. The lowest BCUT2D eigenvalue weighted by molar-refractivity contribution is -0.140. The number of carbonyl (C=O) groups excluding carboxylic acids is 2. The highest BCUT2D eigenvalue weighted by molar-refractivity contribution is 5.88. The summed E-state index contributed by atoms with van der Waals surface area (Å²) in [5, 5.41) is 2.87. The standard InChI is InChI=1S/C23H29FN2O3/c1-4-5-14-25-23(28)17(2)26(16-18-10-12-20(29-3)13-11-18)22(27)15-19-8-6-7-9-21(19)24/h6-13,17H,4-5,14-16H2,1-3H3,(H,25,28). The van der Waals surface area contributed by atoms with Gasteiger partial charge in [0, 0.05) is 13.1 Å². The molecule has 1 unspecified atom stereocenters. The fourth-order valence-electron chi connectivity index (χ4n) is 2.95. The summed E-state index contributed by atoms with van der Waals surface area (Å²) in [5.41, 5.74) is 1.18. The minimum absolute atomic E-state index is 0.102. The summed E-state index contributed by atoms with van der Waals surface area (Å²) in [6.45, 7) is 4.56. The van der Waals surface area contributed by atoms with Crippen LogP contribution in [-0.4, -0.2) is 36.4 Å². The van der Waals surface area contributed by atoms with Crippen LogP contribution in [0.3, 0.4) is 0 Å². The van der Waals surface area contributed by atoms with E-state index in [1.165, 1.54) is 11.0 Å². The summed E-state index contributed by atoms with van der Waals surface area (Å²) in [6, 6.07) is 12.8. The van der Waals surface area contributed by atoms with Gasteiger partial charge in [-0.05, 0) is 42.7 Å². The molecule has 0 bridgehead atoms. The van der Waals surface area contributed by atoms with Crippen molar-refractivity contribution >= 4 is 11.8 Å². The molecule has 0 heterocycles. The number of carbonyl (C=O) groups is 2. The predicted octanol–water partition coefficient (Wildman–Crippen LogP) is 3.71. The minimum Gasteiger partial charge on any atom is -0.497 e. The normalized spacial score (nSPS) is 11.6. The van der Waals surface area contributed by atoms with E-state index in [1.807, 2.05) is 19.1 Å². The molecule has 2 aromatic rings. The van der Waals surface area contributed by atoms with Crippen molar-refractivity contribution in [1.82, 2.24) is 10.2 Å². The number of hydrogen-bond acceptors (Lipinski definition) is 3. The molecule has 6 heteroatoms.